The summed E-state index contributed by atoms with van der Waals surface area (Å²) in [5, 5.41) is 3.67. The van der Waals surface area contributed by atoms with E-state index in [1.807, 2.05) is 19.1 Å². The first-order valence-corrected chi connectivity index (χ1v) is 5.82. The van der Waals surface area contributed by atoms with Gasteiger partial charge >= 0.3 is 0 Å². The van der Waals surface area contributed by atoms with Gasteiger partial charge in [0.1, 0.15) is 5.75 Å². The van der Waals surface area contributed by atoms with Crippen molar-refractivity contribution in [1.82, 2.24) is 5.32 Å². The van der Waals surface area contributed by atoms with Crippen LogP contribution in [0, 0.1) is 0 Å². The van der Waals surface area contributed by atoms with Gasteiger partial charge in [0.05, 0.1) is 13.2 Å². The molecule has 0 fully saturated rings. The highest BCUT2D eigenvalue weighted by atomic mass is 35.5. The molecule has 0 heterocycles. The van der Waals surface area contributed by atoms with Gasteiger partial charge in [0, 0.05) is 17.1 Å². The Balaban J connectivity index is 2.77. The van der Waals surface area contributed by atoms with Crippen LogP contribution in [-0.4, -0.2) is 19.1 Å². The first-order valence-electron chi connectivity index (χ1n) is 5.44. The number of nitrogens with two attached hydrogens (primary N) is 1. The van der Waals surface area contributed by atoms with Crippen LogP contribution in [0.15, 0.2) is 18.2 Å². The second-order valence-corrected chi connectivity index (χ2v) is 4.07. The molecule has 0 aliphatic carbocycles. The van der Waals surface area contributed by atoms with Crippen molar-refractivity contribution in [2.45, 2.75) is 25.9 Å². The molecule has 5 heteroatoms. The number of benzene rings is 1. The third-order valence-electron chi connectivity index (χ3n) is 2.57. The van der Waals surface area contributed by atoms with E-state index >= 15 is 0 Å². The van der Waals surface area contributed by atoms with Crippen LogP contribution in [-0.2, 0) is 11.3 Å². The first kappa shape index (κ1) is 13.8. The van der Waals surface area contributed by atoms with Gasteiger partial charge in [-0.15, -0.1) is 0 Å². The molecule has 0 spiro atoms. The highest BCUT2D eigenvalue weighted by Crippen LogP contribution is 2.25. The summed E-state index contributed by atoms with van der Waals surface area (Å²) in [5.41, 5.74) is 6.08. The van der Waals surface area contributed by atoms with Gasteiger partial charge in [-0.25, -0.2) is 0 Å². The van der Waals surface area contributed by atoms with Gasteiger partial charge in [0.2, 0.25) is 5.91 Å². The highest BCUT2D eigenvalue weighted by molar-refractivity contribution is 6.31. The Labute approximate surface area is 106 Å². The minimum absolute atomic E-state index is 0.351. The van der Waals surface area contributed by atoms with Crippen molar-refractivity contribution < 1.29 is 9.53 Å². The molecule has 1 amide bonds. The number of rotatable bonds is 6. The summed E-state index contributed by atoms with van der Waals surface area (Å²) in [4.78, 5) is 11.1. The number of primary amides is 1. The lowest BCUT2D eigenvalue weighted by Crippen LogP contribution is -2.40. The molecule has 0 saturated carbocycles. The largest absolute Gasteiger partial charge is 0.496 e. The van der Waals surface area contributed by atoms with Gasteiger partial charge in [-0.1, -0.05) is 24.6 Å². The van der Waals surface area contributed by atoms with Crippen molar-refractivity contribution in [3.05, 3.63) is 28.8 Å². The Bertz CT molecular complexity index is 396. The zero-order valence-corrected chi connectivity index (χ0v) is 10.8. The molecule has 0 saturated heterocycles. The van der Waals surface area contributed by atoms with Crippen LogP contribution in [0.1, 0.15) is 18.9 Å². The Morgan fingerprint density at radius 3 is 2.82 bits per heavy atom. The Kier molecular flexibility index (Phi) is 5.25. The number of amides is 1. The van der Waals surface area contributed by atoms with Crippen molar-refractivity contribution in [3.8, 4) is 5.75 Å². The van der Waals surface area contributed by atoms with Gasteiger partial charge in [-0.05, 0) is 18.6 Å². The van der Waals surface area contributed by atoms with E-state index in [1.165, 1.54) is 0 Å². The average Bonchev–Trinajstić information content (AvgIpc) is 2.31. The average molecular weight is 257 g/mol. The number of halogens is 1. The van der Waals surface area contributed by atoms with E-state index in [2.05, 4.69) is 5.32 Å². The summed E-state index contributed by atoms with van der Waals surface area (Å²) in [6.07, 6.45) is 0.641. The molecular formula is C12H17ClN2O2. The van der Waals surface area contributed by atoms with Gasteiger partial charge in [0.25, 0.3) is 0 Å². The number of hydrogen-bond donors (Lipinski definition) is 2. The molecule has 0 radical (unpaired) electrons. The molecule has 1 rings (SSSR count). The summed E-state index contributed by atoms with van der Waals surface area (Å²) in [7, 11) is 1.58. The maximum absolute atomic E-state index is 11.1. The van der Waals surface area contributed by atoms with Gasteiger partial charge < -0.3 is 15.8 Å². The van der Waals surface area contributed by atoms with Crippen molar-refractivity contribution in [1.29, 1.82) is 0 Å². The van der Waals surface area contributed by atoms with E-state index in [-0.39, 0.29) is 11.9 Å². The van der Waals surface area contributed by atoms with Crippen LogP contribution >= 0.6 is 11.6 Å². The SMILES string of the molecule is CCC(NCc1c(Cl)cccc1OC)C(N)=O. The molecule has 94 valence electrons. The quantitative estimate of drug-likeness (QED) is 0.814. The number of hydrogen-bond acceptors (Lipinski definition) is 3. The minimum Gasteiger partial charge on any atom is -0.496 e. The molecule has 0 aliphatic heterocycles. The maximum atomic E-state index is 11.1. The van der Waals surface area contributed by atoms with Gasteiger partial charge in [-0.2, -0.15) is 0 Å². The summed E-state index contributed by atoms with van der Waals surface area (Å²) in [6, 6.07) is 5.08. The number of carbonyl (C=O) groups is 1. The minimum atomic E-state index is -0.362. The summed E-state index contributed by atoms with van der Waals surface area (Å²) >= 11 is 6.08. The topological polar surface area (TPSA) is 64.3 Å². The number of ether oxygens (including phenoxy) is 1. The number of carbonyl (C=O) groups excluding carboxylic acids is 1. The Morgan fingerprint density at radius 1 is 1.59 bits per heavy atom. The standard InChI is InChI=1S/C12H17ClN2O2/c1-3-10(12(14)16)15-7-8-9(13)5-4-6-11(8)17-2/h4-6,10,15H,3,7H2,1-2H3,(H2,14,16). The molecule has 1 unspecified atom stereocenters. The van der Waals surface area contributed by atoms with E-state index < -0.39 is 0 Å². The van der Waals surface area contributed by atoms with Crippen LogP contribution in [0.3, 0.4) is 0 Å². The molecule has 1 atom stereocenters. The van der Waals surface area contributed by atoms with Crippen molar-refractivity contribution in [2.24, 2.45) is 5.73 Å². The fourth-order valence-corrected chi connectivity index (χ4v) is 1.81. The number of nitrogens with one attached hydrogen (secondary N) is 1. The van der Waals surface area contributed by atoms with Crippen molar-refractivity contribution >= 4 is 17.5 Å². The van der Waals surface area contributed by atoms with E-state index in [9.17, 15) is 4.79 Å². The number of methoxy groups -OCH3 is 1. The van der Waals surface area contributed by atoms with E-state index in [0.717, 1.165) is 5.56 Å². The molecule has 17 heavy (non-hydrogen) atoms. The molecule has 3 N–H and O–H groups in total. The molecular weight excluding hydrogens is 240 g/mol. The second-order valence-electron chi connectivity index (χ2n) is 3.66. The molecule has 1 aromatic carbocycles. The summed E-state index contributed by atoms with van der Waals surface area (Å²) < 4.78 is 5.21. The zero-order valence-electron chi connectivity index (χ0n) is 10.00. The molecule has 0 aliphatic rings. The van der Waals surface area contributed by atoms with E-state index in [1.54, 1.807) is 13.2 Å². The highest BCUT2D eigenvalue weighted by Gasteiger charge is 2.14. The Hall–Kier alpha value is -1.26. The van der Waals surface area contributed by atoms with E-state index in [4.69, 9.17) is 22.1 Å². The van der Waals surface area contributed by atoms with Crippen LogP contribution in [0.5, 0.6) is 5.75 Å². The normalized spacial score (nSPS) is 12.2. The molecule has 1 aromatic rings. The Morgan fingerprint density at radius 2 is 2.29 bits per heavy atom. The lowest BCUT2D eigenvalue weighted by Gasteiger charge is -2.15. The van der Waals surface area contributed by atoms with Gasteiger partial charge in [0.15, 0.2) is 0 Å². The van der Waals surface area contributed by atoms with Crippen LogP contribution in [0.25, 0.3) is 0 Å². The smallest absolute Gasteiger partial charge is 0.234 e. The van der Waals surface area contributed by atoms with Crippen molar-refractivity contribution in [2.75, 3.05) is 7.11 Å². The predicted molar refractivity (Wildman–Crippen MR) is 68.1 cm³/mol. The predicted octanol–water partition coefficient (Wildman–Crippen LogP) is 1.70. The lowest BCUT2D eigenvalue weighted by molar-refractivity contribution is -0.120. The summed E-state index contributed by atoms with van der Waals surface area (Å²) in [5.74, 6) is 0.336. The fraction of sp³-hybridized carbons (Fsp3) is 0.417. The monoisotopic (exact) mass is 256 g/mol. The van der Waals surface area contributed by atoms with Crippen molar-refractivity contribution in [3.63, 3.8) is 0 Å². The maximum Gasteiger partial charge on any atom is 0.234 e. The van der Waals surface area contributed by atoms with Crippen LogP contribution in [0.2, 0.25) is 5.02 Å². The lowest BCUT2D eigenvalue weighted by atomic mass is 10.1. The van der Waals surface area contributed by atoms with E-state index in [0.29, 0.717) is 23.7 Å². The second kappa shape index (κ2) is 6.47. The third kappa shape index (κ3) is 3.61. The fourth-order valence-electron chi connectivity index (χ4n) is 1.57. The van der Waals surface area contributed by atoms with Crippen LogP contribution in [0.4, 0.5) is 0 Å². The van der Waals surface area contributed by atoms with Gasteiger partial charge in [-0.3, -0.25) is 4.79 Å². The first-order chi connectivity index (χ1) is 8.10. The zero-order chi connectivity index (χ0) is 12.8. The molecule has 0 aromatic heterocycles. The molecule has 4 nitrogen and oxygen atoms in total. The summed E-state index contributed by atoms with van der Waals surface area (Å²) in [6.45, 7) is 2.34. The third-order valence-corrected chi connectivity index (χ3v) is 2.93. The van der Waals surface area contributed by atoms with Crippen LogP contribution < -0.4 is 15.8 Å². The molecule has 0 bridgehead atoms.